The highest BCUT2D eigenvalue weighted by molar-refractivity contribution is 5.95. The first-order chi connectivity index (χ1) is 9.99. The van der Waals surface area contributed by atoms with Crippen LogP contribution in [0.25, 0.3) is 0 Å². The van der Waals surface area contributed by atoms with Crippen LogP contribution in [0.3, 0.4) is 0 Å². The normalized spacial score (nSPS) is 12.4. The Morgan fingerprint density at radius 2 is 2.14 bits per heavy atom. The SMILES string of the molecule is Cc1ncccc1C(=O)N[C@@H](CC(C)C)c1ncnn1C. The molecule has 0 aliphatic heterocycles. The fourth-order valence-corrected chi connectivity index (χ4v) is 2.28. The largest absolute Gasteiger partial charge is 0.342 e. The summed E-state index contributed by atoms with van der Waals surface area (Å²) in [5.74, 6) is 1.06. The van der Waals surface area contributed by atoms with Gasteiger partial charge in [0.25, 0.3) is 5.91 Å². The van der Waals surface area contributed by atoms with Gasteiger partial charge in [0.1, 0.15) is 12.2 Å². The van der Waals surface area contributed by atoms with Crippen molar-refractivity contribution in [2.75, 3.05) is 0 Å². The predicted molar refractivity (Wildman–Crippen MR) is 79.6 cm³/mol. The Hall–Kier alpha value is -2.24. The first-order valence-corrected chi connectivity index (χ1v) is 7.05. The Bertz CT molecular complexity index is 620. The number of carbonyl (C=O) groups excluding carboxylic acids is 1. The summed E-state index contributed by atoms with van der Waals surface area (Å²) < 4.78 is 1.70. The summed E-state index contributed by atoms with van der Waals surface area (Å²) in [6.45, 7) is 6.06. The van der Waals surface area contributed by atoms with Crippen LogP contribution in [-0.2, 0) is 7.05 Å². The Morgan fingerprint density at radius 3 is 2.71 bits per heavy atom. The van der Waals surface area contributed by atoms with Gasteiger partial charge in [0, 0.05) is 18.9 Å². The Balaban J connectivity index is 2.22. The quantitative estimate of drug-likeness (QED) is 0.913. The number of nitrogens with one attached hydrogen (secondary N) is 1. The molecule has 0 bridgehead atoms. The van der Waals surface area contributed by atoms with Gasteiger partial charge in [-0.05, 0) is 31.4 Å². The molecule has 2 aromatic heterocycles. The van der Waals surface area contributed by atoms with Gasteiger partial charge in [-0.1, -0.05) is 13.8 Å². The highest BCUT2D eigenvalue weighted by Gasteiger charge is 2.21. The molecular formula is C15H21N5O. The summed E-state index contributed by atoms with van der Waals surface area (Å²) in [7, 11) is 1.83. The van der Waals surface area contributed by atoms with Crippen molar-refractivity contribution in [2.45, 2.75) is 33.2 Å². The smallest absolute Gasteiger partial charge is 0.253 e. The van der Waals surface area contributed by atoms with Crippen LogP contribution in [0.15, 0.2) is 24.7 Å². The molecule has 0 radical (unpaired) electrons. The molecule has 0 saturated heterocycles. The molecule has 2 heterocycles. The lowest BCUT2D eigenvalue weighted by Gasteiger charge is -2.20. The minimum atomic E-state index is -0.162. The maximum absolute atomic E-state index is 12.5. The van der Waals surface area contributed by atoms with Gasteiger partial charge >= 0.3 is 0 Å². The van der Waals surface area contributed by atoms with Gasteiger partial charge in [-0.3, -0.25) is 14.5 Å². The molecule has 2 aromatic rings. The summed E-state index contributed by atoms with van der Waals surface area (Å²) in [5, 5.41) is 7.13. The lowest BCUT2D eigenvalue weighted by atomic mass is 10.0. The number of nitrogens with zero attached hydrogens (tertiary/aromatic N) is 4. The van der Waals surface area contributed by atoms with Crippen LogP contribution >= 0.6 is 0 Å². The molecule has 1 atom stereocenters. The van der Waals surface area contributed by atoms with Crippen molar-refractivity contribution < 1.29 is 4.79 Å². The van der Waals surface area contributed by atoms with E-state index in [2.05, 4.69) is 34.2 Å². The van der Waals surface area contributed by atoms with E-state index in [0.717, 1.165) is 17.9 Å². The number of hydrogen-bond donors (Lipinski definition) is 1. The molecule has 0 unspecified atom stereocenters. The second kappa shape index (κ2) is 6.47. The van der Waals surface area contributed by atoms with Crippen molar-refractivity contribution in [1.29, 1.82) is 0 Å². The van der Waals surface area contributed by atoms with E-state index >= 15 is 0 Å². The highest BCUT2D eigenvalue weighted by Crippen LogP contribution is 2.19. The summed E-state index contributed by atoms with van der Waals surface area (Å²) in [5.41, 5.74) is 1.31. The van der Waals surface area contributed by atoms with Gasteiger partial charge < -0.3 is 5.32 Å². The van der Waals surface area contributed by atoms with Crippen LogP contribution in [0.2, 0.25) is 0 Å². The monoisotopic (exact) mass is 287 g/mol. The van der Waals surface area contributed by atoms with E-state index in [-0.39, 0.29) is 11.9 Å². The average molecular weight is 287 g/mol. The number of aromatic nitrogens is 4. The standard InChI is InChI=1S/C15H21N5O/c1-10(2)8-13(14-17-9-18-20(14)4)19-15(21)12-6-5-7-16-11(12)3/h5-7,9-10,13H,8H2,1-4H3,(H,19,21)/t13-/m0/s1. The van der Waals surface area contributed by atoms with Crippen molar-refractivity contribution in [2.24, 2.45) is 13.0 Å². The zero-order chi connectivity index (χ0) is 15.4. The van der Waals surface area contributed by atoms with Gasteiger partial charge in [0.05, 0.1) is 11.6 Å². The third-order valence-corrected chi connectivity index (χ3v) is 3.32. The number of pyridine rings is 1. The van der Waals surface area contributed by atoms with E-state index in [1.807, 2.05) is 14.0 Å². The summed E-state index contributed by atoms with van der Waals surface area (Å²) >= 11 is 0. The van der Waals surface area contributed by atoms with Crippen molar-refractivity contribution in [3.05, 3.63) is 41.7 Å². The molecule has 0 spiro atoms. The predicted octanol–water partition coefficient (Wildman–Crippen LogP) is 2.04. The van der Waals surface area contributed by atoms with Crippen molar-refractivity contribution >= 4 is 5.91 Å². The minimum Gasteiger partial charge on any atom is -0.342 e. The van der Waals surface area contributed by atoms with Crippen LogP contribution in [-0.4, -0.2) is 25.7 Å². The number of hydrogen-bond acceptors (Lipinski definition) is 4. The molecule has 0 saturated carbocycles. The molecule has 1 amide bonds. The fourth-order valence-electron chi connectivity index (χ4n) is 2.28. The third kappa shape index (κ3) is 3.65. The van der Waals surface area contributed by atoms with Gasteiger partial charge in [-0.15, -0.1) is 0 Å². The summed E-state index contributed by atoms with van der Waals surface area (Å²) in [6, 6.07) is 3.38. The van der Waals surface area contributed by atoms with E-state index in [4.69, 9.17) is 0 Å². The van der Waals surface area contributed by atoms with E-state index < -0.39 is 0 Å². The van der Waals surface area contributed by atoms with Crippen LogP contribution in [0.5, 0.6) is 0 Å². The molecule has 0 fully saturated rings. The second-order valence-electron chi connectivity index (χ2n) is 5.53. The second-order valence-corrected chi connectivity index (χ2v) is 5.53. The molecule has 0 aromatic carbocycles. The number of amides is 1. The molecule has 2 rings (SSSR count). The molecule has 0 aliphatic rings. The number of carbonyl (C=O) groups is 1. The van der Waals surface area contributed by atoms with Crippen molar-refractivity contribution in [1.82, 2.24) is 25.1 Å². The maximum atomic E-state index is 12.5. The van der Waals surface area contributed by atoms with Crippen LogP contribution in [0, 0.1) is 12.8 Å². The zero-order valence-electron chi connectivity index (χ0n) is 12.9. The van der Waals surface area contributed by atoms with Gasteiger partial charge in [-0.25, -0.2) is 4.98 Å². The van der Waals surface area contributed by atoms with E-state index in [9.17, 15) is 4.79 Å². The van der Waals surface area contributed by atoms with Crippen molar-refractivity contribution in [3.8, 4) is 0 Å². The molecule has 112 valence electrons. The van der Waals surface area contributed by atoms with E-state index in [1.54, 1.807) is 23.0 Å². The fraction of sp³-hybridized carbons (Fsp3) is 0.467. The molecule has 21 heavy (non-hydrogen) atoms. The molecule has 6 nitrogen and oxygen atoms in total. The highest BCUT2D eigenvalue weighted by atomic mass is 16.1. The lowest BCUT2D eigenvalue weighted by Crippen LogP contribution is -2.32. The van der Waals surface area contributed by atoms with Crippen LogP contribution < -0.4 is 5.32 Å². The van der Waals surface area contributed by atoms with Crippen molar-refractivity contribution in [3.63, 3.8) is 0 Å². The molecule has 6 heteroatoms. The van der Waals surface area contributed by atoms with Gasteiger partial charge in [-0.2, -0.15) is 5.10 Å². The zero-order valence-corrected chi connectivity index (χ0v) is 12.9. The molecule has 1 N–H and O–H groups in total. The number of aryl methyl sites for hydroxylation is 2. The number of rotatable bonds is 5. The van der Waals surface area contributed by atoms with Gasteiger partial charge in [0.2, 0.25) is 0 Å². The molecular weight excluding hydrogens is 266 g/mol. The topological polar surface area (TPSA) is 72.7 Å². The molecule has 0 aliphatic carbocycles. The average Bonchev–Trinajstić information content (AvgIpc) is 2.84. The van der Waals surface area contributed by atoms with E-state index in [1.165, 1.54) is 6.33 Å². The van der Waals surface area contributed by atoms with Crippen LogP contribution in [0.4, 0.5) is 0 Å². The Morgan fingerprint density at radius 1 is 1.38 bits per heavy atom. The van der Waals surface area contributed by atoms with E-state index in [0.29, 0.717) is 11.5 Å². The minimum absolute atomic E-state index is 0.130. The first-order valence-electron chi connectivity index (χ1n) is 7.05. The Labute approximate surface area is 124 Å². The summed E-state index contributed by atoms with van der Waals surface area (Å²) in [4.78, 5) is 20.9. The maximum Gasteiger partial charge on any atom is 0.253 e. The van der Waals surface area contributed by atoms with Crippen LogP contribution in [0.1, 0.15) is 48.2 Å². The first kappa shape index (κ1) is 15.2. The Kier molecular flexibility index (Phi) is 4.67. The lowest BCUT2D eigenvalue weighted by molar-refractivity contribution is 0.0928. The van der Waals surface area contributed by atoms with Gasteiger partial charge in [0.15, 0.2) is 0 Å². The third-order valence-electron chi connectivity index (χ3n) is 3.32. The summed E-state index contributed by atoms with van der Waals surface area (Å²) in [6.07, 6.45) is 3.99.